The largest absolute Gasteiger partial charge is 0.452 e. The van der Waals surface area contributed by atoms with Gasteiger partial charge in [0.05, 0.1) is 17.9 Å². The van der Waals surface area contributed by atoms with E-state index in [9.17, 15) is 0 Å². The summed E-state index contributed by atoms with van der Waals surface area (Å²) in [6.07, 6.45) is 6.26. The first-order chi connectivity index (χ1) is 7.31. The first-order valence-corrected chi connectivity index (χ1v) is 5.47. The summed E-state index contributed by atoms with van der Waals surface area (Å²) in [4.78, 5) is 4.53. The molecule has 4 nitrogen and oxygen atoms in total. The van der Waals surface area contributed by atoms with Crippen LogP contribution in [0.1, 0.15) is 31.2 Å². The van der Waals surface area contributed by atoms with Gasteiger partial charge in [0.2, 0.25) is 5.22 Å². The quantitative estimate of drug-likeness (QED) is 0.352. The molecule has 0 unspecified atom stereocenters. The van der Waals surface area contributed by atoms with E-state index in [4.69, 9.17) is 21.9 Å². The van der Waals surface area contributed by atoms with Crippen molar-refractivity contribution in [3.8, 4) is 0 Å². The van der Waals surface area contributed by atoms with Gasteiger partial charge in [-0.25, -0.2) is 5.84 Å². The summed E-state index contributed by atoms with van der Waals surface area (Å²) in [5.41, 5.74) is 3.31. The number of rotatable bonds is 2. The third-order valence-electron chi connectivity index (χ3n) is 2.65. The van der Waals surface area contributed by atoms with Crippen LogP contribution in [0.5, 0.6) is 0 Å². The zero-order valence-electron chi connectivity index (χ0n) is 8.37. The van der Waals surface area contributed by atoms with E-state index >= 15 is 0 Å². The van der Waals surface area contributed by atoms with Gasteiger partial charge in [0, 0.05) is 0 Å². The molecule has 3 N–H and O–H groups in total. The van der Waals surface area contributed by atoms with Crippen molar-refractivity contribution < 1.29 is 4.42 Å². The highest BCUT2D eigenvalue weighted by molar-refractivity contribution is 6.32. The van der Waals surface area contributed by atoms with Crippen LogP contribution in [0.25, 0.3) is 0 Å². The molecular formula is C10H14ClN3O. The number of hydrogen-bond acceptors (Lipinski definition) is 3. The Morgan fingerprint density at radius 2 is 2.27 bits per heavy atom. The molecule has 5 heteroatoms. The van der Waals surface area contributed by atoms with E-state index in [1.807, 2.05) is 0 Å². The molecule has 1 heterocycles. The Kier molecular flexibility index (Phi) is 3.28. The van der Waals surface area contributed by atoms with Crippen molar-refractivity contribution in [2.75, 3.05) is 0 Å². The minimum Gasteiger partial charge on any atom is -0.452 e. The van der Waals surface area contributed by atoms with E-state index in [0.29, 0.717) is 17.1 Å². The maximum absolute atomic E-state index is 5.86. The van der Waals surface area contributed by atoms with Gasteiger partial charge in [-0.05, 0) is 30.5 Å². The second-order valence-electron chi connectivity index (χ2n) is 3.67. The smallest absolute Gasteiger partial charge is 0.203 e. The van der Waals surface area contributed by atoms with Crippen LogP contribution in [0.2, 0.25) is 5.22 Å². The number of furan rings is 1. The summed E-state index contributed by atoms with van der Waals surface area (Å²) in [5, 5.41) is 0.324. The average molecular weight is 228 g/mol. The van der Waals surface area contributed by atoms with Crippen LogP contribution in [0, 0.1) is 0 Å². The number of aliphatic imine (C=N–C) groups is 1. The van der Waals surface area contributed by atoms with E-state index in [1.165, 1.54) is 19.1 Å². The molecule has 0 amide bonds. The van der Waals surface area contributed by atoms with Gasteiger partial charge in [0.1, 0.15) is 5.84 Å². The minimum absolute atomic E-state index is 0.324. The lowest BCUT2D eigenvalue weighted by molar-refractivity contribution is 0.568. The molecule has 15 heavy (non-hydrogen) atoms. The van der Waals surface area contributed by atoms with Crippen LogP contribution < -0.4 is 11.3 Å². The molecule has 1 saturated carbocycles. The van der Waals surface area contributed by atoms with E-state index in [0.717, 1.165) is 18.4 Å². The highest BCUT2D eigenvalue weighted by Gasteiger charge is 2.17. The summed E-state index contributed by atoms with van der Waals surface area (Å²) in [7, 11) is 0. The lowest BCUT2D eigenvalue weighted by Crippen LogP contribution is -2.32. The van der Waals surface area contributed by atoms with Gasteiger partial charge in [0.15, 0.2) is 0 Å². The number of hydrazine groups is 1. The fourth-order valence-corrected chi connectivity index (χ4v) is 2.07. The highest BCUT2D eigenvalue weighted by Crippen LogP contribution is 2.23. The number of nitrogens with one attached hydrogen (secondary N) is 1. The Morgan fingerprint density at radius 1 is 1.53 bits per heavy atom. The first-order valence-electron chi connectivity index (χ1n) is 5.09. The Hall–Kier alpha value is -1.00. The molecule has 1 aromatic rings. The van der Waals surface area contributed by atoms with E-state index in [1.54, 1.807) is 6.07 Å². The van der Waals surface area contributed by atoms with E-state index in [2.05, 4.69) is 10.4 Å². The number of halogens is 1. The predicted molar refractivity (Wildman–Crippen MR) is 59.8 cm³/mol. The van der Waals surface area contributed by atoms with Gasteiger partial charge in [-0.15, -0.1) is 0 Å². The van der Waals surface area contributed by atoms with Crippen LogP contribution in [0.4, 0.5) is 0 Å². The maximum atomic E-state index is 5.86. The normalized spacial score (nSPS) is 18.4. The molecular weight excluding hydrogens is 214 g/mol. The molecule has 0 bridgehead atoms. The van der Waals surface area contributed by atoms with E-state index < -0.39 is 0 Å². The summed E-state index contributed by atoms with van der Waals surface area (Å²) < 4.78 is 5.00. The van der Waals surface area contributed by atoms with Crippen molar-refractivity contribution in [3.05, 3.63) is 23.1 Å². The van der Waals surface area contributed by atoms with Crippen molar-refractivity contribution >= 4 is 17.4 Å². The van der Waals surface area contributed by atoms with Crippen molar-refractivity contribution in [2.45, 2.75) is 31.7 Å². The summed E-state index contributed by atoms with van der Waals surface area (Å²) >= 11 is 5.86. The lowest BCUT2D eigenvalue weighted by atomic mass is 10.2. The van der Waals surface area contributed by atoms with Crippen molar-refractivity contribution in [2.24, 2.45) is 10.8 Å². The Bertz CT molecular complexity index is 355. The Balaban J connectivity index is 2.19. The number of amidine groups is 1. The highest BCUT2D eigenvalue weighted by atomic mass is 35.5. The molecule has 1 fully saturated rings. The van der Waals surface area contributed by atoms with Crippen molar-refractivity contribution in [1.82, 2.24) is 5.43 Å². The Morgan fingerprint density at radius 3 is 2.80 bits per heavy atom. The molecule has 0 aromatic carbocycles. The van der Waals surface area contributed by atoms with Gasteiger partial charge < -0.3 is 9.84 Å². The van der Waals surface area contributed by atoms with Gasteiger partial charge in [-0.2, -0.15) is 0 Å². The SMILES string of the molecule is NNC(=NC1CCCC1)c1ccoc1Cl. The molecule has 1 aliphatic carbocycles. The summed E-state index contributed by atoms with van der Waals surface area (Å²) in [6.45, 7) is 0. The van der Waals surface area contributed by atoms with Crippen LogP contribution in [-0.2, 0) is 0 Å². The molecule has 0 spiro atoms. The molecule has 0 atom stereocenters. The zero-order chi connectivity index (χ0) is 10.7. The van der Waals surface area contributed by atoms with Crippen LogP contribution in [-0.4, -0.2) is 11.9 Å². The second kappa shape index (κ2) is 4.68. The van der Waals surface area contributed by atoms with Crippen molar-refractivity contribution in [3.63, 3.8) is 0 Å². The summed E-state index contributed by atoms with van der Waals surface area (Å²) in [6, 6.07) is 2.12. The van der Waals surface area contributed by atoms with Crippen LogP contribution >= 0.6 is 11.6 Å². The monoisotopic (exact) mass is 227 g/mol. The van der Waals surface area contributed by atoms with Gasteiger partial charge in [-0.1, -0.05) is 12.8 Å². The standard InChI is InChI=1S/C10H14ClN3O/c11-9-8(5-6-15-9)10(14-12)13-7-3-1-2-4-7/h5-7H,1-4,12H2,(H,13,14). The third kappa shape index (κ3) is 2.33. The maximum Gasteiger partial charge on any atom is 0.203 e. The Labute approximate surface area is 93.5 Å². The summed E-state index contributed by atoms with van der Waals surface area (Å²) in [5.74, 6) is 6.04. The predicted octanol–water partition coefficient (Wildman–Crippen LogP) is 2.09. The lowest BCUT2D eigenvalue weighted by Gasteiger charge is -2.07. The van der Waals surface area contributed by atoms with Crippen LogP contribution in [0.3, 0.4) is 0 Å². The van der Waals surface area contributed by atoms with Gasteiger partial charge in [-0.3, -0.25) is 4.99 Å². The number of nitrogens with two attached hydrogens (primary N) is 1. The third-order valence-corrected chi connectivity index (χ3v) is 2.94. The molecule has 0 aliphatic heterocycles. The molecule has 1 aromatic heterocycles. The molecule has 1 aliphatic rings. The molecule has 82 valence electrons. The van der Waals surface area contributed by atoms with E-state index in [-0.39, 0.29) is 0 Å². The van der Waals surface area contributed by atoms with Gasteiger partial charge >= 0.3 is 0 Å². The molecule has 2 rings (SSSR count). The number of hydrogen-bond donors (Lipinski definition) is 2. The molecule has 0 radical (unpaired) electrons. The second-order valence-corrected chi connectivity index (χ2v) is 4.01. The minimum atomic E-state index is 0.324. The van der Waals surface area contributed by atoms with Crippen LogP contribution in [0.15, 0.2) is 21.7 Å². The topological polar surface area (TPSA) is 63.5 Å². The first kappa shape index (κ1) is 10.5. The molecule has 0 saturated heterocycles. The van der Waals surface area contributed by atoms with Gasteiger partial charge in [0.25, 0.3) is 0 Å². The zero-order valence-corrected chi connectivity index (χ0v) is 9.13. The fourth-order valence-electron chi connectivity index (χ4n) is 1.86. The number of nitrogens with zero attached hydrogens (tertiary/aromatic N) is 1. The van der Waals surface area contributed by atoms with Crippen molar-refractivity contribution in [1.29, 1.82) is 0 Å². The average Bonchev–Trinajstić information content (AvgIpc) is 2.85. The fraction of sp³-hybridized carbons (Fsp3) is 0.500.